The Morgan fingerprint density at radius 2 is 2.00 bits per heavy atom. The van der Waals surface area contributed by atoms with Gasteiger partial charge in [0, 0.05) is 19.1 Å². The van der Waals surface area contributed by atoms with E-state index >= 15 is 0 Å². The molecule has 0 aliphatic carbocycles. The molecule has 1 atom stereocenters. The average molecular weight is 204 g/mol. The molecule has 0 amide bonds. The molecule has 0 radical (unpaired) electrons. The smallest absolute Gasteiger partial charge is 0.0447 e. The van der Waals surface area contributed by atoms with Gasteiger partial charge in [0.2, 0.25) is 0 Å². The molecule has 0 fully saturated rings. The minimum absolute atomic E-state index is 0.224. The molecule has 2 heteroatoms. The lowest BCUT2D eigenvalue weighted by molar-refractivity contribution is 0.569. The van der Waals surface area contributed by atoms with Gasteiger partial charge in [0.15, 0.2) is 0 Å². The first-order chi connectivity index (χ1) is 7.13. The highest BCUT2D eigenvalue weighted by Gasteiger charge is 2.07. The van der Waals surface area contributed by atoms with Crippen molar-refractivity contribution in [2.24, 2.45) is 5.73 Å². The number of benzene rings is 1. The zero-order chi connectivity index (χ0) is 11.3. The van der Waals surface area contributed by atoms with Crippen LogP contribution in [0.5, 0.6) is 0 Å². The molecular formula is C13H20N2. The standard InChI is InChI=1S/C13H20N2/c1-10(2)9-15-13(8-14)12-6-4-11(3)5-7-12/h4-7,13,15H,1,8-9,14H2,2-3H3. The van der Waals surface area contributed by atoms with Gasteiger partial charge in [0.1, 0.15) is 0 Å². The van der Waals surface area contributed by atoms with Crippen LogP contribution < -0.4 is 11.1 Å². The number of hydrogen-bond donors (Lipinski definition) is 2. The summed E-state index contributed by atoms with van der Waals surface area (Å²) >= 11 is 0. The van der Waals surface area contributed by atoms with Gasteiger partial charge in [0.25, 0.3) is 0 Å². The SMILES string of the molecule is C=C(C)CNC(CN)c1ccc(C)cc1. The van der Waals surface area contributed by atoms with E-state index in [9.17, 15) is 0 Å². The molecule has 1 rings (SSSR count). The van der Waals surface area contributed by atoms with Gasteiger partial charge in [0.05, 0.1) is 0 Å². The van der Waals surface area contributed by atoms with Crippen molar-refractivity contribution in [2.75, 3.05) is 13.1 Å². The highest BCUT2D eigenvalue weighted by Crippen LogP contribution is 2.12. The first-order valence-corrected chi connectivity index (χ1v) is 5.28. The van der Waals surface area contributed by atoms with Crippen LogP contribution in [0.1, 0.15) is 24.1 Å². The van der Waals surface area contributed by atoms with Gasteiger partial charge in [-0.05, 0) is 19.4 Å². The van der Waals surface area contributed by atoms with E-state index in [1.165, 1.54) is 11.1 Å². The fourth-order valence-corrected chi connectivity index (χ4v) is 1.43. The zero-order valence-corrected chi connectivity index (χ0v) is 9.59. The third kappa shape index (κ3) is 3.86. The Morgan fingerprint density at radius 1 is 1.40 bits per heavy atom. The monoisotopic (exact) mass is 204 g/mol. The second-order valence-corrected chi connectivity index (χ2v) is 4.04. The van der Waals surface area contributed by atoms with Crippen molar-refractivity contribution in [1.29, 1.82) is 0 Å². The van der Waals surface area contributed by atoms with Crippen molar-refractivity contribution in [3.63, 3.8) is 0 Å². The minimum Gasteiger partial charge on any atom is -0.329 e. The van der Waals surface area contributed by atoms with E-state index < -0.39 is 0 Å². The third-order valence-electron chi connectivity index (χ3n) is 2.37. The Labute approximate surface area is 92.2 Å². The van der Waals surface area contributed by atoms with Crippen LogP contribution in [0.4, 0.5) is 0 Å². The maximum absolute atomic E-state index is 5.74. The highest BCUT2D eigenvalue weighted by molar-refractivity contribution is 5.24. The topological polar surface area (TPSA) is 38.0 Å². The Hall–Kier alpha value is -1.12. The molecule has 0 saturated heterocycles. The number of hydrogen-bond acceptors (Lipinski definition) is 2. The fraction of sp³-hybridized carbons (Fsp3) is 0.385. The van der Waals surface area contributed by atoms with Gasteiger partial charge in [-0.1, -0.05) is 42.0 Å². The fourth-order valence-electron chi connectivity index (χ4n) is 1.43. The van der Waals surface area contributed by atoms with Crippen LogP contribution in [0.3, 0.4) is 0 Å². The zero-order valence-electron chi connectivity index (χ0n) is 9.59. The van der Waals surface area contributed by atoms with E-state index in [-0.39, 0.29) is 6.04 Å². The maximum atomic E-state index is 5.74. The molecule has 0 bridgehead atoms. The molecule has 0 aromatic heterocycles. The summed E-state index contributed by atoms with van der Waals surface area (Å²) in [6.07, 6.45) is 0. The molecule has 1 unspecified atom stereocenters. The Bertz CT molecular complexity index is 314. The Kier molecular flexibility index (Phi) is 4.53. The predicted octanol–water partition coefficient (Wildman–Crippen LogP) is 2.16. The highest BCUT2D eigenvalue weighted by atomic mass is 14.9. The lowest BCUT2D eigenvalue weighted by atomic mass is 10.1. The van der Waals surface area contributed by atoms with Gasteiger partial charge in [-0.2, -0.15) is 0 Å². The summed E-state index contributed by atoms with van der Waals surface area (Å²) < 4.78 is 0. The molecule has 15 heavy (non-hydrogen) atoms. The number of rotatable bonds is 5. The van der Waals surface area contributed by atoms with Gasteiger partial charge in [-0.25, -0.2) is 0 Å². The third-order valence-corrected chi connectivity index (χ3v) is 2.37. The predicted molar refractivity (Wildman–Crippen MR) is 65.8 cm³/mol. The van der Waals surface area contributed by atoms with Gasteiger partial charge in [-0.3, -0.25) is 0 Å². The van der Waals surface area contributed by atoms with Crippen LogP contribution in [0.25, 0.3) is 0 Å². The first kappa shape index (κ1) is 12.0. The first-order valence-electron chi connectivity index (χ1n) is 5.28. The van der Waals surface area contributed by atoms with E-state index in [1.54, 1.807) is 0 Å². The molecule has 82 valence electrons. The quantitative estimate of drug-likeness (QED) is 0.721. The summed E-state index contributed by atoms with van der Waals surface area (Å²) in [5, 5.41) is 3.38. The number of aryl methyl sites for hydroxylation is 1. The summed E-state index contributed by atoms with van der Waals surface area (Å²) in [5.74, 6) is 0. The second kappa shape index (κ2) is 5.69. The molecule has 1 aromatic rings. The van der Waals surface area contributed by atoms with Crippen LogP contribution in [-0.4, -0.2) is 13.1 Å². The van der Waals surface area contributed by atoms with E-state index in [0.29, 0.717) is 6.54 Å². The summed E-state index contributed by atoms with van der Waals surface area (Å²) in [7, 11) is 0. The number of nitrogens with two attached hydrogens (primary N) is 1. The molecule has 1 aromatic carbocycles. The minimum atomic E-state index is 0.224. The van der Waals surface area contributed by atoms with Crippen LogP contribution in [0.2, 0.25) is 0 Å². The lowest BCUT2D eigenvalue weighted by Crippen LogP contribution is -2.29. The average Bonchev–Trinajstić information content (AvgIpc) is 2.21. The van der Waals surface area contributed by atoms with E-state index in [2.05, 4.69) is 43.1 Å². The van der Waals surface area contributed by atoms with Crippen molar-refractivity contribution < 1.29 is 0 Å². The van der Waals surface area contributed by atoms with Crippen LogP contribution in [0, 0.1) is 6.92 Å². The van der Waals surface area contributed by atoms with E-state index in [1.807, 2.05) is 6.92 Å². The Balaban J connectivity index is 2.65. The van der Waals surface area contributed by atoms with Crippen LogP contribution >= 0.6 is 0 Å². The molecule has 2 nitrogen and oxygen atoms in total. The second-order valence-electron chi connectivity index (χ2n) is 4.04. The molecule has 0 aliphatic heterocycles. The van der Waals surface area contributed by atoms with Crippen molar-refractivity contribution >= 4 is 0 Å². The molecule has 0 spiro atoms. The lowest BCUT2D eigenvalue weighted by Gasteiger charge is -2.17. The number of nitrogens with one attached hydrogen (secondary N) is 1. The molecule has 3 N–H and O–H groups in total. The van der Waals surface area contributed by atoms with Gasteiger partial charge in [-0.15, -0.1) is 0 Å². The van der Waals surface area contributed by atoms with Crippen molar-refractivity contribution in [2.45, 2.75) is 19.9 Å². The summed E-state index contributed by atoms with van der Waals surface area (Å²) in [6, 6.07) is 8.69. The summed E-state index contributed by atoms with van der Waals surface area (Å²) in [6.45, 7) is 9.38. The van der Waals surface area contributed by atoms with Gasteiger partial charge >= 0.3 is 0 Å². The van der Waals surface area contributed by atoms with E-state index in [0.717, 1.165) is 12.1 Å². The maximum Gasteiger partial charge on any atom is 0.0447 e. The normalized spacial score (nSPS) is 12.5. The largest absolute Gasteiger partial charge is 0.329 e. The molecule has 0 saturated carbocycles. The van der Waals surface area contributed by atoms with Crippen LogP contribution in [-0.2, 0) is 0 Å². The summed E-state index contributed by atoms with van der Waals surface area (Å²) in [5.41, 5.74) is 9.38. The van der Waals surface area contributed by atoms with Crippen LogP contribution in [0.15, 0.2) is 36.4 Å². The molecule has 0 aliphatic rings. The van der Waals surface area contributed by atoms with Gasteiger partial charge < -0.3 is 11.1 Å². The van der Waals surface area contributed by atoms with Crippen molar-refractivity contribution in [3.05, 3.63) is 47.5 Å². The van der Waals surface area contributed by atoms with Crippen molar-refractivity contribution in [1.82, 2.24) is 5.32 Å². The van der Waals surface area contributed by atoms with Crippen molar-refractivity contribution in [3.8, 4) is 0 Å². The van der Waals surface area contributed by atoms with E-state index in [4.69, 9.17) is 5.73 Å². The Morgan fingerprint density at radius 3 is 2.47 bits per heavy atom. The summed E-state index contributed by atoms with van der Waals surface area (Å²) in [4.78, 5) is 0. The molecular weight excluding hydrogens is 184 g/mol. The molecule has 0 heterocycles.